The highest BCUT2D eigenvalue weighted by Gasteiger charge is 2.38. The predicted octanol–water partition coefficient (Wildman–Crippen LogP) is 3.04. The average molecular weight is 548 g/mol. The zero-order valence-corrected chi connectivity index (χ0v) is 22.9. The van der Waals surface area contributed by atoms with Crippen LogP contribution in [0.4, 0.5) is 5.82 Å². The number of nitrogens with zero attached hydrogens (tertiary/aromatic N) is 5. The molecule has 1 aliphatic carbocycles. The van der Waals surface area contributed by atoms with Crippen molar-refractivity contribution in [1.29, 1.82) is 0 Å². The second-order valence-electron chi connectivity index (χ2n) is 9.92. The lowest BCUT2D eigenvalue weighted by Gasteiger charge is -2.22. The molecule has 2 aliphatic rings. The van der Waals surface area contributed by atoms with E-state index in [0.717, 1.165) is 29.4 Å². The van der Waals surface area contributed by atoms with Gasteiger partial charge in [-0.3, -0.25) is 9.59 Å². The van der Waals surface area contributed by atoms with Crippen LogP contribution in [0.1, 0.15) is 64.6 Å². The highest BCUT2D eigenvalue weighted by molar-refractivity contribution is 6.32. The van der Waals surface area contributed by atoms with Gasteiger partial charge in [-0.25, -0.2) is 4.68 Å². The molecular weight excluding hydrogens is 518 g/mol. The van der Waals surface area contributed by atoms with Gasteiger partial charge in [0.1, 0.15) is 11.4 Å². The standard InChI is InChI=1S/C28H30ClN7O3/c1-5-24(37)35-13-17(11-18(35)14-39-4)36-28(31-3)26(27(30)38)22(34-36)9-7-16-10-23-19(12-20(16)29)25-15(2)6-8-21(25)32-33-23/h5,10,12,15,17-18,31H,1,6,8,11,13-14H2,2-4H3,(H2,30,38)/t15-,17?,18-/m1/s1. The van der Waals surface area contributed by atoms with E-state index >= 15 is 0 Å². The van der Waals surface area contributed by atoms with Gasteiger partial charge in [-0.15, -0.1) is 0 Å². The number of likely N-dealkylation sites (tertiary alicyclic amines) is 1. The van der Waals surface area contributed by atoms with Gasteiger partial charge in [-0.1, -0.05) is 31.0 Å². The van der Waals surface area contributed by atoms with Crippen molar-refractivity contribution in [3.05, 3.63) is 57.9 Å². The number of aromatic nitrogens is 4. The molecule has 1 saturated heterocycles. The van der Waals surface area contributed by atoms with Crippen LogP contribution in [0.25, 0.3) is 10.9 Å². The summed E-state index contributed by atoms with van der Waals surface area (Å²) < 4.78 is 7.01. The lowest BCUT2D eigenvalue weighted by molar-refractivity contribution is -0.127. The van der Waals surface area contributed by atoms with E-state index in [0.29, 0.717) is 41.9 Å². The highest BCUT2D eigenvalue weighted by atomic mass is 35.5. The Labute approximate surface area is 231 Å². The Morgan fingerprint density at radius 2 is 2.13 bits per heavy atom. The number of halogens is 1. The minimum atomic E-state index is -0.666. The molecule has 11 heteroatoms. The summed E-state index contributed by atoms with van der Waals surface area (Å²) in [5, 5.41) is 18.0. The number of fused-ring (bicyclic) bond motifs is 3. The summed E-state index contributed by atoms with van der Waals surface area (Å²) in [6, 6.07) is 3.32. The average Bonchev–Trinajstić information content (AvgIpc) is 3.62. The lowest BCUT2D eigenvalue weighted by atomic mass is 9.99. The number of aryl methyl sites for hydroxylation is 1. The summed E-state index contributed by atoms with van der Waals surface area (Å²) in [7, 11) is 3.27. The zero-order chi connectivity index (χ0) is 27.8. The Kier molecular flexibility index (Phi) is 7.30. The number of ether oxygens (including phenoxy) is 1. The molecule has 0 radical (unpaired) electrons. The van der Waals surface area contributed by atoms with E-state index in [4.69, 9.17) is 22.1 Å². The number of nitrogens with one attached hydrogen (secondary N) is 1. The third kappa shape index (κ3) is 4.73. The summed E-state index contributed by atoms with van der Waals surface area (Å²) in [6.07, 6.45) is 3.82. The normalized spacial score (nSPS) is 20.0. The first kappa shape index (κ1) is 26.7. The Hall–Kier alpha value is -3.94. The van der Waals surface area contributed by atoms with E-state index in [1.165, 1.54) is 11.6 Å². The number of benzene rings is 1. The van der Waals surface area contributed by atoms with Crippen LogP contribution in [0.15, 0.2) is 24.8 Å². The molecule has 5 rings (SSSR count). The second-order valence-corrected chi connectivity index (χ2v) is 10.3. The summed E-state index contributed by atoms with van der Waals surface area (Å²) in [5.41, 5.74) is 9.64. The Bertz CT molecular complexity index is 1550. The fraction of sp³-hybridized carbons (Fsp3) is 0.393. The third-order valence-corrected chi connectivity index (χ3v) is 7.85. The molecule has 1 aromatic carbocycles. The van der Waals surface area contributed by atoms with E-state index in [-0.39, 0.29) is 29.2 Å². The quantitative estimate of drug-likeness (QED) is 0.358. The third-order valence-electron chi connectivity index (χ3n) is 7.54. The van der Waals surface area contributed by atoms with Gasteiger partial charge in [0.25, 0.3) is 5.91 Å². The molecule has 1 fully saturated rings. The van der Waals surface area contributed by atoms with Crippen LogP contribution < -0.4 is 11.1 Å². The molecule has 2 amide bonds. The van der Waals surface area contributed by atoms with Crippen molar-refractivity contribution < 1.29 is 14.3 Å². The van der Waals surface area contributed by atoms with Crippen LogP contribution >= 0.6 is 11.6 Å². The number of primary amides is 1. The van der Waals surface area contributed by atoms with Crippen LogP contribution in [0.2, 0.25) is 5.02 Å². The van der Waals surface area contributed by atoms with E-state index in [2.05, 4.69) is 46.0 Å². The lowest BCUT2D eigenvalue weighted by Crippen LogP contribution is -2.37. The van der Waals surface area contributed by atoms with Crippen molar-refractivity contribution in [2.75, 3.05) is 32.6 Å². The molecule has 1 aliphatic heterocycles. The molecule has 2 aromatic heterocycles. The number of nitrogens with two attached hydrogens (primary N) is 1. The molecule has 0 bridgehead atoms. The summed E-state index contributed by atoms with van der Waals surface area (Å²) >= 11 is 6.66. The molecule has 3 N–H and O–H groups in total. The van der Waals surface area contributed by atoms with Crippen LogP contribution in [0, 0.1) is 11.8 Å². The predicted molar refractivity (Wildman–Crippen MR) is 149 cm³/mol. The molecule has 0 spiro atoms. The Morgan fingerprint density at radius 1 is 1.33 bits per heavy atom. The monoisotopic (exact) mass is 547 g/mol. The van der Waals surface area contributed by atoms with Gasteiger partial charge in [0.15, 0.2) is 5.69 Å². The molecule has 3 heterocycles. The number of amides is 2. The first-order chi connectivity index (χ1) is 18.8. The number of hydrogen-bond donors (Lipinski definition) is 2. The summed E-state index contributed by atoms with van der Waals surface area (Å²) in [4.78, 5) is 26.7. The fourth-order valence-corrected chi connectivity index (χ4v) is 5.92. The SMILES string of the molecule is C=CC(=O)N1CC(n2nc(C#Cc3cc4nnc5c(c4cc3Cl)[C@H](C)CC5)c(C(N)=O)c2NC)C[C@@H]1COC. The first-order valence-corrected chi connectivity index (χ1v) is 13.2. The van der Waals surface area contributed by atoms with Gasteiger partial charge >= 0.3 is 0 Å². The number of hydrogen-bond acceptors (Lipinski definition) is 7. The molecule has 10 nitrogen and oxygen atoms in total. The molecule has 3 atom stereocenters. The van der Waals surface area contributed by atoms with E-state index in [1.807, 2.05) is 12.1 Å². The van der Waals surface area contributed by atoms with Gasteiger partial charge in [-0.05, 0) is 54.9 Å². The fourth-order valence-electron chi connectivity index (χ4n) is 5.70. The second kappa shape index (κ2) is 10.7. The minimum absolute atomic E-state index is 0.160. The molecule has 0 saturated carbocycles. The largest absolute Gasteiger partial charge is 0.383 e. The first-order valence-electron chi connectivity index (χ1n) is 12.8. The van der Waals surface area contributed by atoms with Crippen molar-refractivity contribution in [2.24, 2.45) is 5.73 Å². The van der Waals surface area contributed by atoms with E-state index in [9.17, 15) is 9.59 Å². The smallest absolute Gasteiger partial charge is 0.255 e. The maximum Gasteiger partial charge on any atom is 0.255 e. The van der Waals surface area contributed by atoms with Gasteiger partial charge in [-0.2, -0.15) is 15.3 Å². The maximum absolute atomic E-state index is 12.5. The minimum Gasteiger partial charge on any atom is -0.383 e. The molecule has 1 unspecified atom stereocenters. The molecule has 3 aromatic rings. The van der Waals surface area contributed by atoms with Crippen LogP contribution in [-0.2, 0) is 16.0 Å². The topological polar surface area (TPSA) is 128 Å². The number of carbonyl (C=O) groups is 2. The van der Waals surface area contributed by atoms with E-state index < -0.39 is 5.91 Å². The molecular formula is C28H30ClN7O3. The number of carbonyl (C=O) groups excluding carboxylic acids is 2. The van der Waals surface area contributed by atoms with Crippen molar-refractivity contribution in [2.45, 2.75) is 44.2 Å². The van der Waals surface area contributed by atoms with Crippen molar-refractivity contribution >= 4 is 40.1 Å². The summed E-state index contributed by atoms with van der Waals surface area (Å²) in [5.74, 6) is 6.02. The van der Waals surface area contributed by atoms with Gasteiger partial charge in [0.2, 0.25) is 5.91 Å². The highest BCUT2D eigenvalue weighted by Crippen LogP contribution is 2.37. The van der Waals surface area contributed by atoms with Crippen molar-refractivity contribution in [3.63, 3.8) is 0 Å². The maximum atomic E-state index is 12.5. The van der Waals surface area contributed by atoms with Crippen LogP contribution in [0.5, 0.6) is 0 Å². The Balaban J connectivity index is 1.54. The molecule has 39 heavy (non-hydrogen) atoms. The van der Waals surface area contributed by atoms with Gasteiger partial charge in [0, 0.05) is 31.7 Å². The van der Waals surface area contributed by atoms with Crippen LogP contribution in [-0.4, -0.2) is 70.0 Å². The van der Waals surface area contributed by atoms with Crippen LogP contribution in [0.3, 0.4) is 0 Å². The van der Waals surface area contributed by atoms with Crippen molar-refractivity contribution in [3.8, 4) is 11.8 Å². The van der Waals surface area contributed by atoms with Gasteiger partial charge in [0.05, 0.1) is 34.9 Å². The molecule has 202 valence electrons. The summed E-state index contributed by atoms with van der Waals surface area (Å²) in [6.45, 7) is 6.53. The number of anilines is 1. The van der Waals surface area contributed by atoms with Gasteiger partial charge < -0.3 is 20.7 Å². The Morgan fingerprint density at radius 3 is 2.82 bits per heavy atom. The van der Waals surface area contributed by atoms with Crippen molar-refractivity contribution in [1.82, 2.24) is 24.9 Å². The number of methoxy groups -OCH3 is 1. The number of rotatable bonds is 6. The van der Waals surface area contributed by atoms with E-state index in [1.54, 1.807) is 23.7 Å². The zero-order valence-electron chi connectivity index (χ0n) is 22.1.